The van der Waals surface area contributed by atoms with Gasteiger partial charge in [-0.2, -0.15) is 0 Å². The van der Waals surface area contributed by atoms with Crippen LogP contribution in [0.2, 0.25) is 0 Å². The first-order valence-corrected chi connectivity index (χ1v) is 8.07. The molecule has 2 aromatic rings. The largest absolute Gasteiger partial charge is 0.430 e. The zero-order valence-electron chi connectivity index (χ0n) is 11.7. The fraction of sp³-hybridized carbons (Fsp3) is 0.333. The van der Waals surface area contributed by atoms with E-state index in [2.05, 4.69) is 20.4 Å². The summed E-state index contributed by atoms with van der Waals surface area (Å²) in [7, 11) is -3.95. The summed E-state index contributed by atoms with van der Waals surface area (Å²) >= 11 is 0. The van der Waals surface area contributed by atoms with Crippen LogP contribution in [0.5, 0.6) is 0 Å². The van der Waals surface area contributed by atoms with Gasteiger partial charge in [0.1, 0.15) is 5.52 Å². The highest BCUT2D eigenvalue weighted by Crippen LogP contribution is 2.43. The van der Waals surface area contributed by atoms with Crippen molar-refractivity contribution in [2.75, 3.05) is 18.2 Å². The van der Waals surface area contributed by atoms with Gasteiger partial charge in [-0.3, -0.25) is 14.4 Å². The molecule has 1 heterocycles. The number of imidazole rings is 1. The Hall–Kier alpha value is -1.89. The molecule has 21 heavy (non-hydrogen) atoms. The van der Waals surface area contributed by atoms with Crippen molar-refractivity contribution in [1.82, 2.24) is 15.3 Å². The number of fused-ring (bicyclic) bond motifs is 1. The Balaban J connectivity index is 2.37. The van der Waals surface area contributed by atoms with Crippen LogP contribution in [0.25, 0.3) is 11.0 Å². The van der Waals surface area contributed by atoms with E-state index in [0.717, 1.165) is 0 Å². The molecule has 2 rings (SSSR count). The second-order valence-corrected chi connectivity index (χ2v) is 5.72. The van der Waals surface area contributed by atoms with Gasteiger partial charge >= 0.3 is 7.75 Å². The van der Waals surface area contributed by atoms with Crippen LogP contribution in [-0.2, 0) is 9.09 Å². The zero-order chi connectivity index (χ0) is 15.5. The Morgan fingerprint density at radius 3 is 2.90 bits per heavy atom. The lowest BCUT2D eigenvalue weighted by atomic mass is 10.3. The molecule has 8 nitrogen and oxygen atoms in total. The van der Waals surface area contributed by atoms with E-state index in [1.807, 2.05) is 0 Å². The molecule has 9 heteroatoms. The van der Waals surface area contributed by atoms with E-state index in [0.29, 0.717) is 23.3 Å². The van der Waals surface area contributed by atoms with Crippen LogP contribution < -0.4 is 10.4 Å². The van der Waals surface area contributed by atoms with Crippen LogP contribution in [0.15, 0.2) is 18.2 Å². The second-order valence-electron chi connectivity index (χ2n) is 4.20. The van der Waals surface area contributed by atoms with Crippen molar-refractivity contribution in [2.24, 2.45) is 0 Å². The van der Waals surface area contributed by atoms with Crippen molar-refractivity contribution >= 4 is 30.4 Å². The molecule has 114 valence electrons. The molecule has 0 radical (unpaired) electrons. The molecule has 0 aliphatic rings. The van der Waals surface area contributed by atoms with E-state index in [4.69, 9.17) is 4.52 Å². The van der Waals surface area contributed by atoms with Crippen LogP contribution >= 0.6 is 7.75 Å². The normalized spacial score (nSPS) is 13.9. The highest BCUT2D eigenvalue weighted by atomic mass is 31.2. The summed E-state index contributed by atoms with van der Waals surface area (Å²) < 4.78 is 16.5. The molecule has 0 saturated carbocycles. The van der Waals surface area contributed by atoms with E-state index in [1.165, 1.54) is 0 Å². The molecule has 0 aliphatic carbocycles. The third-order valence-electron chi connectivity index (χ3n) is 2.63. The maximum atomic E-state index is 11.8. The Labute approximate surface area is 121 Å². The Morgan fingerprint density at radius 1 is 1.48 bits per heavy atom. The molecule has 0 aliphatic heterocycles. The summed E-state index contributed by atoms with van der Waals surface area (Å²) in [6.07, 6.45) is 0. The fourth-order valence-corrected chi connectivity index (χ4v) is 2.73. The number of benzene rings is 1. The molecular weight excluding hydrogens is 295 g/mol. The summed E-state index contributed by atoms with van der Waals surface area (Å²) in [5, 5.41) is 5.05. The van der Waals surface area contributed by atoms with E-state index < -0.39 is 7.75 Å². The summed E-state index contributed by atoms with van der Waals surface area (Å²) in [5.41, 5.74) is 1.30. The Morgan fingerprint density at radius 2 is 2.24 bits per heavy atom. The summed E-state index contributed by atoms with van der Waals surface area (Å²) in [6.45, 7) is 4.00. The lowest BCUT2D eigenvalue weighted by Gasteiger charge is -2.13. The number of rotatable bonds is 6. The minimum absolute atomic E-state index is 0.0987. The number of aromatic amines is 1. The lowest BCUT2D eigenvalue weighted by molar-refractivity contribution is 0.0946. The molecular formula is C12H17N4O4P. The van der Waals surface area contributed by atoms with Crippen LogP contribution in [0.1, 0.15) is 24.5 Å². The fourth-order valence-electron chi connectivity index (χ4n) is 1.83. The van der Waals surface area contributed by atoms with Crippen LogP contribution in [0.4, 0.5) is 5.69 Å². The van der Waals surface area contributed by atoms with Gasteiger partial charge < -0.3 is 15.2 Å². The maximum Gasteiger partial charge on any atom is 0.430 e. The summed E-state index contributed by atoms with van der Waals surface area (Å²) in [5.74, 6) is -0.193. The first-order chi connectivity index (χ1) is 9.96. The summed E-state index contributed by atoms with van der Waals surface area (Å²) in [6, 6.07) is 4.99. The van der Waals surface area contributed by atoms with Crippen molar-refractivity contribution in [3.8, 4) is 0 Å². The van der Waals surface area contributed by atoms with Gasteiger partial charge in [-0.05, 0) is 26.0 Å². The van der Waals surface area contributed by atoms with Gasteiger partial charge in [0.15, 0.2) is 5.82 Å². The third kappa shape index (κ3) is 3.60. The van der Waals surface area contributed by atoms with E-state index >= 15 is 0 Å². The maximum absolute atomic E-state index is 11.8. The van der Waals surface area contributed by atoms with Gasteiger partial charge in [-0.1, -0.05) is 6.07 Å². The molecule has 0 fully saturated rings. The van der Waals surface area contributed by atoms with Gasteiger partial charge in [-0.15, -0.1) is 0 Å². The SMILES string of the molecule is CCNC(=O)c1nc2c(NP(=O)(O)OCC)cccc2[nH]1. The molecule has 1 unspecified atom stereocenters. The van der Waals surface area contributed by atoms with Gasteiger partial charge in [0.2, 0.25) is 0 Å². The number of nitrogens with one attached hydrogen (secondary N) is 3. The quantitative estimate of drug-likeness (QED) is 0.605. The van der Waals surface area contributed by atoms with Gasteiger partial charge in [0.25, 0.3) is 5.91 Å². The molecule has 0 saturated heterocycles. The number of carbonyl (C=O) groups excluding carboxylic acids is 1. The Bertz CT molecular complexity index is 700. The van der Waals surface area contributed by atoms with Crippen molar-refractivity contribution in [3.63, 3.8) is 0 Å². The molecule has 1 atom stereocenters. The summed E-state index contributed by atoms with van der Waals surface area (Å²) in [4.78, 5) is 28.4. The monoisotopic (exact) mass is 312 g/mol. The Kier molecular flexibility index (Phi) is 4.62. The lowest BCUT2D eigenvalue weighted by Crippen LogP contribution is -2.23. The van der Waals surface area contributed by atoms with Gasteiger partial charge in [0, 0.05) is 6.54 Å². The molecule has 1 aromatic carbocycles. The van der Waals surface area contributed by atoms with Crippen LogP contribution in [0.3, 0.4) is 0 Å². The minimum Gasteiger partial charge on any atom is -0.350 e. The smallest absolute Gasteiger partial charge is 0.350 e. The topological polar surface area (TPSA) is 116 Å². The van der Waals surface area contributed by atoms with Gasteiger partial charge in [0.05, 0.1) is 17.8 Å². The highest BCUT2D eigenvalue weighted by Gasteiger charge is 2.21. The number of carbonyl (C=O) groups is 1. The van der Waals surface area contributed by atoms with E-state index in [-0.39, 0.29) is 18.3 Å². The number of hydrogen-bond acceptors (Lipinski definition) is 4. The number of amides is 1. The third-order valence-corrected chi connectivity index (χ3v) is 3.76. The number of anilines is 1. The molecule has 0 spiro atoms. The van der Waals surface area contributed by atoms with Gasteiger partial charge in [-0.25, -0.2) is 9.55 Å². The average molecular weight is 312 g/mol. The second kappa shape index (κ2) is 6.26. The van der Waals surface area contributed by atoms with Crippen molar-refractivity contribution in [1.29, 1.82) is 0 Å². The predicted octanol–water partition coefficient (Wildman–Crippen LogP) is 1.86. The van der Waals surface area contributed by atoms with Crippen molar-refractivity contribution in [2.45, 2.75) is 13.8 Å². The molecule has 4 N–H and O–H groups in total. The molecule has 0 bridgehead atoms. The van der Waals surface area contributed by atoms with Crippen molar-refractivity contribution in [3.05, 3.63) is 24.0 Å². The molecule has 1 amide bonds. The number of hydrogen-bond donors (Lipinski definition) is 4. The number of nitrogens with zero attached hydrogens (tertiary/aromatic N) is 1. The first kappa shape index (κ1) is 15.5. The number of H-pyrrole nitrogens is 1. The number of aromatic nitrogens is 2. The van der Waals surface area contributed by atoms with Crippen molar-refractivity contribution < 1.29 is 18.8 Å². The van der Waals surface area contributed by atoms with E-state index in [1.54, 1.807) is 32.0 Å². The highest BCUT2D eigenvalue weighted by molar-refractivity contribution is 7.54. The van der Waals surface area contributed by atoms with Crippen LogP contribution in [-0.4, -0.2) is 33.9 Å². The average Bonchev–Trinajstić information content (AvgIpc) is 2.83. The van der Waals surface area contributed by atoms with E-state index in [9.17, 15) is 14.3 Å². The first-order valence-electron chi connectivity index (χ1n) is 6.49. The number of para-hydroxylation sites is 1. The van der Waals surface area contributed by atoms with Crippen LogP contribution in [0, 0.1) is 0 Å². The minimum atomic E-state index is -3.95. The zero-order valence-corrected chi connectivity index (χ0v) is 12.6. The standard InChI is InChI=1S/C12H17N4O4P/c1-3-13-12(17)11-14-8-6-5-7-9(10(8)15-11)16-21(18,19)20-4-2/h5-7H,3-4H2,1-2H3,(H,13,17)(H,14,15)(H2,16,18,19). The predicted molar refractivity (Wildman–Crippen MR) is 79.2 cm³/mol. The molecule has 1 aromatic heterocycles.